The summed E-state index contributed by atoms with van der Waals surface area (Å²) in [5.41, 5.74) is 3.24. The molecule has 30 heavy (non-hydrogen) atoms. The van der Waals surface area contributed by atoms with Crippen molar-refractivity contribution in [3.63, 3.8) is 0 Å². The highest BCUT2D eigenvalue weighted by Crippen LogP contribution is 2.39. The Labute approximate surface area is 185 Å². The van der Waals surface area contributed by atoms with Crippen LogP contribution in [0.25, 0.3) is 10.9 Å². The molecular formula is C23H24ClNO4S. The lowest BCUT2D eigenvalue weighted by Crippen LogP contribution is -2.23. The van der Waals surface area contributed by atoms with Crippen LogP contribution in [0.2, 0.25) is 5.02 Å². The molecule has 0 spiro atoms. The van der Waals surface area contributed by atoms with Crippen molar-refractivity contribution in [3.8, 4) is 0 Å². The summed E-state index contributed by atoms with van der Waals surface area (Å²) in [6, 6.07) is 13.1. The molecule has 1 N–H and O–H groups in total. The lowest BCUT2D eigenvalue weighted by molar-refractivity contribution is -0.147. The van der Waals surface area contributed by atoms with E-state index in [-0.39, 0.29) is 18.5 Å². The van der Waals surface area contributed by atoms with Crippen molar-refractivity contribution in [2.45, 2.75) is 25.5 Å². The molecule has 0 bridgehead atoms. The van der Waals surface area contributed by atoms with Gasteiger partial charge >= 0.3 is 12.1 Å². The Balaban J connectivity index is 2.27. The molecule has 2 aromatic carbocycles. The summed E-state index contributed by atoms with van der Waals surface area (Å²) in [4.78, 5) is 24.7. The van der Waals surface area contributed by atoms with Crippen LogP contribution < -0.4 is 0 Å². The molecule has 0 saturated heterocycles. The molecule has 5 nitrogen and oxygen atoms in total. The van der Waals surface area contributed by atoms with E-state index in [2.05, 4.69) is 0 Å². The number of carboxylic acid groups (broad SMARTS) is 1. The zero-order valence-electron chi connectivity index (χ0n) is 17.1. The molecule has 0 aliphatic rings. The van der Waals surface area contributed by atoms with Crippen molar-refractivity contribution in [2.75, 3.05) is 12.9 Å². The molecule has 2 unspecified atom stereocenters. The second-order valence-corrected chi connectivity index (χ2v) is 8.36. The Morgan fingerprint density at radius 3 is 2.50 bits per heavy atom. The van der Waals surface area contributed by atoms with Crippen LogP contribution >= 0.6 is 23.4 Å². The van der Waals surface area contributed by atoms with Crippen LogP contribution in [0.15, 0.2) is 48.7 Å². The maximum absolute atomic E-state index is 12.7. The minimum atomic E-state index is -1.06. The summed E-state index contributed by atoms with van der Waals surface area (Å²) in [6.07, 6.45) is 2.55. The number of fused-ring (bicyclic) bond motifs is 1. The summed E-state index contributed by atoms with van der Waals surface area (Å²) in [5.74, 6) is -0.529. The Morgan fingerprint density at radius 1 is 1.20 bits per heavy atom. The van der Waals surface area contributed by atoms with Gasteiger partial charge in [0, 0.05) is 28.3 Å². The smallest absolute Gasteiger partial charge is 0.416 e. The van der Waals surface area contributed by atoms with Gasteiger partial charge in [-0.1, -0.05) is 48.9 Å². The van der Waals surface area contributed by atoms with Crippen LogP contribution in [-0.4, -0.2) is 34.6 Å². The standard InChI is InChI=1S/C23H24ClNO4S/c1-4-29-22(26)14(2)20(15-8-10-17(24)11-9-15)19-12-25(23(27)28)21-16(13-30-3)6-5-7-18(19)21/h5-12,14,20H,4,13H2,1-3H3,(H,27,28). The fourth-order valence-electron chi connectivity index (χ4n) is 3.87. The summed E-state index contributed by atoms with van der Waals surface area (Å²) in [5, 5.41) is 11.3. The number of esters is 1. The maximum atomic E-state index is 12.7. The number of carbonyl (C=O) groups excluding carboxylic acids is 1. The fourth-order valence-corrected chi connectivity index (χ4v) is 4.54. The minimum absolute atomic E-state index is 0.283. The molecule has 2 atom stereocenters. The zero-order chi connectivity index (χ0) is 21.8. The van der Waals surface area contributed by atoms with Gasteiger partial charge in [0.1, 0.15) is 0 Å². The summed E-state index contributed by atoms with van der Waals surface area (Å²) < 4.78 is 6.55. The Bertz CT molecular complexity index is 1060. The second kappa shape index (κ2) is 9.58. The van der Waals surface area contributed by atoms with E-state index in [0.717, 1.165) is 22.1 Å². The largest absolute Gasteiger partial charge is 0.466 e. The SMILES string of the molecule is CCOC(=O)C(C)C(c1ccc(Cl)cc1)c1cn(C(=O)O)c2c(CSC)cccc12. The molecule has 1 heterocycles. The van der Waals surface area contributed by atoms with Crippen molar-refractivity contribution < 1.29 is 19.4 Å². The highest BCUT2D eigenvalue weighted by molar-refractivity contribution is 7.97. The molecular weight excluding hydrogens is 422 g/mol. The van der Waals surface area contributed by atoms with Crippen LogP contribution in [0, 0.1) is 5.92 Å². The zero-order valence-corrected chi connectivity index (χ0v) is 18.7. The van der Waals surface area contributed by atoms with Gasteiger partial charge in [-0.3, -0.25) is 9.36 Å². The Hall–Kier alpha value is -2.44. The summed E-state index contributed by atoms with van der Waals surface area (Å²) in [7, 11) is 0. The van der Waals surface area contributed by atoms with E-state index >= 15 is 0 Å². The van der Waals surface area contributed by atoms with Gasteiger partial charge in [0.25, 0.3) is 0 Å². The van der Waals surface area contributed by atoms with E-state index in [1.165, 1.54) is 4.57 Å². The van der Waals surface area contributed by atoms with Crippen LogP contribution in [-0.2, 0) is 15.3 Å². The predicted molar refractivity (Wildman–Crippen MR) is 122 cm³/mol. The van der Waals surface area contributed by atoms with Gasteiger partial charge in [-0.25, -0.2) is 4.79 Å². The monoisotopic (exact) mass is 445 g/mol. The predicted octanol–water partition coefficient (Wildman–Crippen LogP) is 6.01. The van der Waals surface area contributed by atoms with Gasteiger partial charge < -0.3 is 9.84 Å². The number of aromatic nitrogens is 1. The van der Waals surface area contributed by atoms with E-state index in [0.29, 0.717) is 16.3 Å². The van der Waals surface area contributed by atoms with E-state index < -0.39 is 12.0 Å². The van der Waals surface area contributed by atoms with Gasteiger partial charge in [0.05, 0.1) is 18.0 Å². The first-order valence-electron chi connectivity index (χ1n) is 9.66. The van der Waals surface area contributed by atoms with Crippen LogP contribution in [0.5, 0.6) is 0 Å². The van der Waals surface area contributed by atoms with Crippen molar-refractivity contribution in [3.05, 3.63) is 70.4 Å². The number of benzene rings is 2. The Kier molecular flexibility index (Phi) is 7.10. The molecule has 158 valence electrons. The summed E-state index contributed by atoms with van der Waals surface area (Å²) >= 11 is 7.70. The second-order valence-electron chi connectivity index (χ2n) is 7.05. The molecule has 7 heteroatoms. The molecule has 3 rings (SSSR count). The number of rotatable bonds is 7. The van der Waals surface area contributed by atoms with E-state index in [4.69, 9.17) is 16.3 Å². The van der Waals surface area contributed by atoms with Gasteiger partial charge in [0.2, 0.25) is 0 Å². The van der Waals surface area contributed by atoms with Crippen molar-refractivity contribution in [1.29, 1.82) is 0 Å². The number of thioether (sulfide) groups is 1. The van der Waals surface area contributed by atoms with Crippen molar-refractivity contribution in [1.82, 2.24) is 4.57 Å². The van der Waals surface area contributed by atoms with Crippen LogP contribution in [0.3, 0.4) is 0 Å². The quantitative estimate of drug-likeness (QED) is 0.450. The molecule has 0 aliphatic carbocycles. The highest BCUT2D eigenvalue weighted by atomic mass is 35.5. The van der Waals surface area contributed by atoms with Crippen molar-refractivity contribution >= 4 is 46.3 Å². The third kappa shape index (κ3) is 4.35. The number of para-hydroxylation sites is 1. The van der Waals surface area contributed by atoms with Crippen LogP contribution in [0.1, 0.15) is 36.5 Å². The highest BCUT2D eigenvalue weighted by Gasteiger charge is 2.32. The lowest BCUT2D eigenvalue weighted by atomic mass is 9.81. The van der Waals surface area contributed by atoms with Crippen molar-refractivity contribution in [2.24, 2.45) is 5.92 Å². The van der Waals surface area contributed by atoms with Gasteiger partial charge in [0.15, 0.2) is 0 Å². The molecule has 0 saturated carbocycles. The average molecular weight is 446 g/mol. The Morgan fingerprint density at radius 2 is 1.90 bits per heavy atom. The average Bonchev–Trinajstić information content (AvgIpc) is 3.11. The first-order valence-corrected chi connectivity index (χ1v) is 11.4. The fraction of sp³-hybridized carbons (Fsp3) is 0.304. The lowest BCUT2D eigenvalue weighted by Gasteiger charge is -2.23. The number of carbonyl (C=O) groups is 2. The van der Waals surface area contributed by atoms with Gasteiger partial charge in [-0.05, 0) is 42.0 Å². The van der Waals surface area contributed by atoms with E-state index in [1.54, 1.807) is 37.0 Å². The molecule has 0 aliphatic heterocycles. The minimum Gasteiger partial charge on any atom is -0.466 e. The maximum Gasteiger partial charge on any atom is 0.416 e. The number of ether oxygens (including phenoxy) is 1. The topological polar surface area (TPSA) is 68.5 Å². The first-order chi connectivity index (χ1) is 14.4. The number of halogens is 1. The summed E-state index contributed by atoms with van der Waals surface area (Å²) in [6.45, 7) is 3.87. The molecule has 0 radical (unpaired) electrons. The number of hydrogen-bond donors (Lipinski definition) is 1. The van der Waals surface area contributed by atoms with E-state index in [9.17, 15) is 14.7 Å². The normalized spacial score (nSPS) is 13.2. The third-order valence-electron chi connectivity index (χ3n) is 5.17. The van der Waals surface area contributed by atoms with Gasteiger partial charge in [-0.2, -0.15) is 11.8 Å². The van der Waals surface area contributed by atoms with E-state index in [1.807, 2.05) is 43.5 Å². The first kappa shape index (κ1) is 22.2. The van der Waals surface area contributed by atoms with Crippen LogP contribution in [0.4, 0.5) is 4.79 Å². The number of nitrogens with zero attached hydrogens (tertiary/aromatic N) is 1. The third-order valence-corrected chi connectivity index (χ3v) is 6.02. The number of hydrogen-bond acceptors (Lipinski definition) is 4. The molecule has 3 aromatic rings. The molecule has 0 amide bonds. The van der Waals surface area contributed by atoms with Gasteiger partial charge in [-0.15, -0.1) is 0 Å². The molecule has 0 fully saturated rings. The molecule has 1 aromatic heterocycles.